The van der Waals surface area contributed by atoms with Crippen LogP contribution in [-0.4, -0.2) is 20.3 Å². The molecule has 0 aliphatic carbocycles. The van der Waals surface area contributed by atoms with E-state index in [0.717, 1.165) is 16.7 Å². The Kier molecular flexibility index (Phi) is 4.53. The number of H-pyrrole nitrogens is 2. The molecule has 0 aliphatic heterocycles. The molecule has 1 aromatic heterocycles. The third-order valence-corrected chi connectivity index (χ3v) is 3.89. The van der Waals surface area contributed by atoms with Crippen LogP contribution < -0.4 is 0 Å². The molecule has 23 heavy (non-hydrogen) atoms. The molecular weight excluding hydrogens is 306 g/mol. The van der Waals surface area contributed by atoms with Gasteiger partial charge in [0.05, 0.1) is 0 Å². The highest BCUT2D eigenvalue weighted by Gasteiger charge is 2.26. The smallest absolute Gasteiger partial charge is 0.213 e. The van der Waals surface area contributed by atoms with Crippen LogP contribution in [0.25, 0.3) is 12.2 Å². The highest BCUT2D eigenvalue weighted by Crippen LogP contribution is 2.40. The Morgan fingerprint density at radius 3 is 1.87 bits per heavy atom. The van der Waals surface area contributed by atoms with E-state index in [1.165, 1.54) is 0 Å². The Hall–Kier alpha value is -1.88. The van der Waals surface area contributed by atoms with E-state index in [9.17, 15) is 5.11 Å². The van der Waals surface area contributed by atoms with Crippen molar-refractivity contribution in [3.05, 3.63) is 39.4 Å². The summed E-state index contributed by atoms with van der Waals surface area (Å²) in [6.07, 6.45) is 3.85. The lowest BCUT2D eigenvalue weighted by molar-refractivity contribution is 0.423. The van der Waals surface area contributed by atoms with Crippen molar-refractivity contribution >= 4 is 24.4 Å². The van der Waals surface area contributed by atoms with Crippen molar-refractivity contribution in [3.8, 4) is 5.75 Å². The van der Waals surface area contributed by atoms with E-state index in [4.69, 9.17) is 12.2 Å². The van der Waals surface area contributed by atoms with Gasteiger partial charge in [0.2, 0.25) is 4.77 Å². The first-order valence-corrected chi connectivity index (χ1v) is 8.10. The van der Waals surface area contributed by atoms with E-state index < -0.39 is 0 Å². The van der Waals surface area contributed by atoms with Gasteiger partial charge < -0.3 is 5.11 Å². The van der Waals surface area contributed by atoms with Gasteiger partial charge in [0.1, 0.15) is 11.6 Å². The van der Waals surface area contributed by atoms with Crippen molar-refractivity contribution in [2.45, 2.75) is 52.4 Å². The fourth-order valence-electron chi connectivity index (χ4n) is 2.43. The minimum atomic E-state index is -0.139. The Labute approximate surface area is 142 Å². The van der Waals surface area contributed by atoms with Gasteiger partial charge in [0.15, 0.2) is 0 Å². The zero-order chi connectivity index (χ0) is 17.4. The summed E-state index contributed by atoms with van der Waals surface area (Å²) in [5, 5.41) is 16.4. The number of phenolic OH excluding ortho intramolecular Hbond substituents is 1. The first kappa shape index (κ1) is 17.5. The number of aromatic hydroxyl groups is 1. The van der Waals surface area contributed by atoms with Gasteiger partial charge in [-0.2, -0.15) is 0 Å². The van der Waals surface area contributed by atoms with Gasteiger partial charge in [-0.3, -0.25) is 10.2 Å². The molecule has 0 saturated carbocycles. The van der Waals surface area contributed by atoms with Crippen LogP contribution in [0.5, 0.6) is 5.75 Å². The molecule has 0 bridgehead atoms. The van der Waals surface area contributed by atoms with E-state index in [-0.39, 0.29) is 10.8 Å². The largest absolute Gasteiger partial charge is 0.507 e. The predicted octanol–water partition coefficient (Wildman–Crippen LogP) is 4.94. The van der Waals surface area contributed by atoms with Gasteiger partial charge in [0, 0.05) is 11.1 Å². The molecule has 3 N–H and O–H groups in total. The summed E-state index contributed by atoms with van der Waals surface area (Å²) in [5.74, 6) is 1.07. The van der Waals surface area contributed by atoms with Crippen molar-refractivity contribution in [3.63, 3.8) is 0 Å². The second-order valence-corrected chi connectivity index (χ2v) is 8.24. The first-order chi connectivity index (χ1) is 10.5. The van der Waals surface area contributed by atoms with Crippen molar-refractivity contribution < 1.29 is 5.11 Å². The zero-order valence-electron chi connectivity index (χ0n) is 14.6. The normalized spacial score (nSPS) is 13.0. The van der Waals surface area contributed by atoms with E-state index in [1.807, 2.05) is 24.3 Å². The lowest BCUT2D eigenvalue weighted by Crippen LogP contribution is -2.17. The van der Waals surface area contributed by atoms with Gasteiger partial charge >= 0.3 is 0 Å². The number of nitrogens with one attached hydrogen (secondary N) is 2. The van der Waals surface area contributed by atoms with Crippen LogP contribution in [0, 0.1) is 4.77 Å². The molecule has 0 spiro atoms. The molecule has 1 heterocycles. The van der Waals surface area contributed by atoms with Gasteiger partial charge in [-0.1, -0.05) is 47.6 Å². The lowest BCUT2D eigenvalue weighted by Gasteiger charge is -2.27. The Balaban J connectivity index is 2.56. The van der Waals surface area contributed by atoms with Gasteiger partial charge in [-0.05, 0) is 46.8 Å². The number of hydrogen-bond donors (Lipinski definition) is 3. The van der Waals surface area contributed by atoms with E-state index in [1.54, 1.807) is 0 Å². The summed E-state index contributed by atoms with van der Waals surface area (Å²) in [6.45, 7) is 12.6. The Morgan fingerprint density at radius 1 is 0.957 bits per heavy atom. The molecule has 5 heteroatoms. The lowest BCUT2D eigenvalue weighted by atomic mass is 9.78. The monoisotopic (exact) mass is 331 g/mol. The van der Waals surface area contributed by atoms with Crippen LogP contribution in [0.15, 0.2) is 12.1 Å². The summed E-state index contributed by atoms with van der Waals surface area (Å²) in [5.41, 5.74) is 2.64. The predicted molar refractivity (Wildman–Crippen MR) is 98.2 cm³/mol. The first-order valence-electron chi connectivity index (χ1n) is 7.69. The second kappa shape index (κ2) is 5.96. The highest BCUT2D eigenvalue weighted by atomic mass is 32.1. The highest BCUT2D eigenvalue weighted by molar-refractivity contribution is 7.71. The molecule has 2 rings (SSSR count). The molecule has 0 aliphatic rings. The van der Waals surface area contributed by atoms with Crippen LogP contribution in [0.2, 0.25) is 0 Å². The number of rotatable bonds is 2. The minimum Gasteiger partial charge on any atom is -0.507 e. The van der Waals surface area contributed by atoms with E-state index in [0.29, 0.717) is 16.3 Å². The number of benzene rings is 1. The second-order valence-electron chi connectivity index (χ2n) is 7.85. The van der Waals surface area contributed by atoms with E-state index in [2.05, 4.69) is 56.7 Å². The summed E-state index contributed by atoms with van der Waals surface area (Å²) >= 11 is 4.96. The van der Waals surface area contributed by atoms with Crippen molar-refractivity contribution in [2.75, 3.05) is 0 Å². The number of aromatic nitrogens is 3. The third-order valence-electron chi connectivity index (χ3n) is 3.70. The van der Waals surface area contributed by atoms with Gasteiger partial charge in [-0.25, -0.2) is 4.98 Å². The number of hydrogen-bond acceptors (Lipinski definition) is 3. The molecule has 4 nitrogen and oxygen atoms in total. The summed E-state index contributed by atoms with van der Waals surface area (Å²) in [4.78, 5) is 4.15. The maximum atomic E-state index is 10.7. The quantitative estimate of drug-likeness (QED) is 0.683. The Morgan fingerprint density at radius 2 is 1.48 bits per heavy atom. The fraction of sp³-hybridized carbons (Fsp3) is 0.444. The van der Waals surface area contributed by atoms with Crippen LogP contribution in [0.4, 0.5) is 0 Å². The molecule has 124 valence electrons. The van der Waals surface area contributed by atoms with Gasteiger partial charge in [-0.15, -0.1) is 0 Å². The number of phenols is 1. The maximum Gasteiger partial charge on any atom is 0.213 e. The standard InChI is InChI=1S/C18H25N3OS/c1-17(2,3)12-9-11(7-8-14-19-16(23)21-20-14)10-13(15(12)22)18(4,5)6/h7-10,22H,1-6H3,(H2,19,20,21,23)/b8-7-. The molecule has 2 aromatic rings. The summed E-state index contributed by atoms with van der Waals surface area (Å²) < 4.78 is 0.432. The SMILES string of the molecule is CC(C)(C)c1cc(/C=C\c2nc(=S)[nH][nH]2)cc(C(C)(C)C)c1O. The molecule has 0 amide bonds. The van der Waals surface area contributed by atoms with Crippen LogP contribution in [0.1, 0.15) is 64.1 Å². The molecule has 0 radical (unpaired) electrons. The maximum absolute atomic E-state index is 10.7. The summed E-state index contributed by atoms with van der Waals surface area (Å²) in [6, 6.07) is 4.06. The van der Waals surface area contributed by atoms with E-state index >= 15 is 0 Å². The number of nitrogens with zero attached hydrogens (tertiary/aromatic N) is 1. The molecule has 0 atom stereocenters. The number of aromatic amines is 2. The molecule has 0 unspecified atom stereocenters. The molecule has 0 fully saturated rings. The van der Waals surface area contributed by atoms with Crippen molar-refractivity contribution in [2.24, 2.45) is 0 Å². The topological polar surface area (TPSA) is 64.7 Å². The fourth-order valence-corrected chi connectivity index (χ4v) is 2.58. The average Bonchev–Trinajstić information content (AvgIpc) is 2.80. The molecule has 1 aromatic carbocycles. The molecule has 0 saturated heterocycles. The summed E-state index contributed by atoms with van der Waals surface area (Å²) in [7, 11) is 0. The molecular formula is C18H25N3OS. The zero-order valence-corrected chi connectivity index (χ0v) is 15.4. The van der Waals surface area contributed by atoms with Crippen LogP contribution in [0.3, 0.4) is 0 Å². The van der Waals surface area contributed by atoms with Crippen LogP contribution >= 0.6 is 12.2 Å². The van der Waals surface area contributed by atoms with Crippen molar-refractivity contribution in [1.29, 1.82) is 0 Å². The minimum absolute atomic E-state index is 0.139. The van der Waals surface area contributed by atoms with Gasteiger partial charge in [0.25, 0.3) is 0 Å². The van der Waals surface area contributed by atoms with Crippen LogP contribution in [-0.2, 0) is 10.8 Å². The average molecular weight is 331 g/mol. The third kappa shape index (κ3) is 4.10. The Bertz CT molecular complexity index is 751. The van der Waals surface area contributed by atoms with Crippen molar-refractivity contribution in [1.82, 2.24) is 15.2 Å².